The molecule has 0 aliphatic carbocycles. The molecule has 0 spiro atoms. The Bertz CT molecular complexity index is 968. The predicted molar refractivity (Wildman–Crippen MR) is 104 cm³/mol. The SMILES string of the molecule is COc1cc(C(C)=O)ccc1OCC(=O)Nc1ccc(S(=O)(=O)N(C)C)cc1. The molecule has 0 radical (unpaired) electrons. The van der Waals surface area contributed by atoms with Gasteiger partial charge in [-0.2, -0.15) is 0 Å². The molecule has 0 aliphatic rings. The average Bonchev–Trinajstić information content (AvgIpc) is 2.66. The van der Waals surface area contributed by atoms with Crippen LogP contribution in [-0.2, 0) is 14.8 Å². The number of sulfonamides is 1. The molecule has 1 amide bonds. The highest BCUT2D eigenvalue weighted by Gasteiger charge is 2.17. The van der Waals surface area contributed by atoms with E-state index < -0.39 is 15.9 Å². The number of hydrogen-bond donors (Lipinski definition) is 1. The van der Waals surface area contributed by atoms with Crippen molar-refractivity contribution in [3.8, 4) is 11.5 Å². The molecule has 2 aromatic rings. The number of nitrogens with zero attached hydrogens (tertiary/aromatic N) is 1. The molecule has 2 rings (SSSR count). The van der Waals surface area contributed by atoms with Crippen molar-refractivity contribution in [3.05, 3.63) is 48.0 Å². The van der Waals surface area contributed by atoms with Gasteiger partial charge in [-0.25, -0.2) is 12.7 Å². The largest absolute Gasteiger partial charge is 0.493 e. The molecule has 150 valence electrons. The van der Waals surface area contributed by atoms with Gasteiger partial charge in [0.25, 0.3) is 5.91 Å². The number of hydrogen-bond acceptors (Lipinski definition) is 6. The van der Waals surface area contributed by atoms with Crippen LogP contribution in [0.4, 0.5) is 5.69 Å². The van der Waals surface area contributed by atoms with Gasteiger partial charge in [0.05, 0.1) is 12.0 Å². The zero-order chi connectivity index (χ0) is 20.9. The number of carbonyl (C=O) groups excluding carboxylic acids is 2. The molecule has 0 atom stereocenters. The van der Waals surface area contributed by atoms with Gasteiger partial charge in [0, 0.05) is 25.3 Å². The fraction of sp³-hybridized carbons (Fsp3) is 0.263. The van der Waals surface area contributed by atoms with Crippen molar-refractivity contribution in [3.63, 3.8) is 0 Å². The van der Waals surface area contributed by atoms with Crippen LogP contribution in [0.5, 0.6) is 11.5 Å². The van der Waals surface area contributed by atoms with Crippen LogP contribution < -0.4 is 14.8 Å². The van der Waals surface area contributed by atoms with E-state index in [-0.39, 0.29) is 17.3 Å². The highest BCUT2D eigenvalue weighted by Crippen LogP contribution is 2.28. The zero-order valence-electron chi connectivity index (χ0n) is 16.1. The third-order valence-electron chi connectivity index (χ3n) is 3.85. The molecule has 2 aromatic carbocycles. The van der Waals surface area contributed by atoms with E-state index in [1.165, 1.54) is 52.4 Å². The molecular weight excluding hydrogens is 384 g/mol. The lowest BCUT2D eigenvalue weighted by Crippen LogP contribution is -2.22. The minimum atomic E-state index is -3.53. The molecule has 9 heteroatoms. The number of rotatable bonds is 8. The molecule has 0 saturated carbocycles. The second kappa shape index (κ2) is 8.85. The monoisotopic (exact) mass is 406 g/mol. The minimum absolute atomic E-state index is 0.109. The van der Waals surface area contributed by atoms with Crippen molar-refractivity contribution in [1.29, 1.82) is 0 Å². The summed E-state index contributed by atoms with van der Waals surface area (Å²) in [6.45, 7) is 1.16. The van der Waals surface area contributed by atoms with Gasteiger partial charge in [0.15, 0.2) is 23.9 Å². The summed E-state index contributed by atoms with van der Waals surface area (Å²) in [5, 5.41) is 2.62. The number of carbonyl (C=O) groups is 2. The van der Waals surface area contributed by atoms with E-state index in [2.05, 4.69) is 5.32 Å². The molecule has 8 nitrogen and oxygen atoms in total. The van der Waals surface area contributed by atoms with Crippen LogP contribution in [-0.4, -0.2) is 52.2 Å². The number of anilines is 1. The normalized spacial score (nSPS) is 11.2. The standard InChI is InChI=1S/C19H22N2O6S/c1-13(22)14-5-10-17(18(11-14)26-4)27-12-19(23)20-15-6-8-16(9-7-15)28(24,25)21(2)3/h5-11H,12H2,1-4H3,(H,20,23). The lowest BCUT2D eigenvalue weighted by atomic mass is 10.1. The van der Waals surface area contributed by atoms with E-state index >= 15 is 0 Å². The van der Waals surface area contributed by atoms with Crippen molar-refractivity contribution in [1.82, 2.24) is 4.31 Å². The maximum Gasteiger partial charge on any atom is 0.262 e. The Labute approximate surface area is 164 Å². The van der Waals surface area contributed by atoms with E-state index in [1.807, 2.05) is 0 Å². The fourth-order valence-electron chi connectivity index (χ4n) is 2.27. The van der Waals surface area contributed by atoms with Gasteiger partial charge < -0.3 is 14.8 Å². The highest BCUT2D eigenvalue weighted by atomic mass is 32.2. The van der Waals surface area contributed by atoms with Crippen LogP contribution in [0.25, 0.3) is 0 Å². The third-order valence-corrected chi connectivity index (χ3v) is 5.67. The Morgan fingerprint density at radius 3 is 2.21 bits per heavy atom. The lowest BCUT2D eigenvalue weighted by Gasteiger charge is -2.13. The van der Waals surface area contributed by atoms with Crippen LogP contribution in [0.3, 0.4) is 0 Å². The molecule has 0 fully saturated rings. The first-order chi connectivity index (χ1) is 13.1. The number of methoxy groups -OCH3 is 1. The van der Waals surface area contributed by atoms with Crippen LogP contribution in [0, 0.1) is 0 Å². The van der Waals surface area contributed by atoms with Crippen molar-refractivity contribution >= 4 is 27.4 Å². The fourth-order valence-corrected chi connectivity index (χ4v) is 3.17. The maximum absolute atomic E-state index is 12.1. The topological polar surface area (TPSA) is 102 Å². The van der Waals surface area contributed by atoms with E-state index in [0.717, 1.165) is 4.31 Å². The smallest absolute Gasteiger partial charge is 0.262 e. The van der Waals surface area contributed by atoms with Gasteiger partial charge in [0.1, 0.15) is 0 Å². The van der Waals surface area contributed by atoms with E-state index in [0.29, 0.717) is 22.7 Å². The molecule has 0 bridgehead atoms. The first-order valence-corrected chi connectivity index (χ1v) is 9.73. The van der Waals surface area contributed by atoms with Gasteiger partial charge in [-0.1, -0.05) is 0 Å². The number of ether oxygens (including phenoxy) is 2. The van der Waals surface area contributed by atoms with Crippen molar-refractivity contribution in [2.24, 2.45) is 0 Å². The van der Waals surface area contributed by atoms with E-state index in [4.69, 9.17) is 9.47 Å². The van der Waals surface area contributed by atoms with Crippen LogP contribution in [0.2, 0.25) is 0 Å². The zero-order valence-corrected chi connectivity index (χ0v) is 16.9. The highest BCUT2D eigenvalue weighted by molar-refractivity contribution is 7.89. The summed E-state index contributed by atoms with van der Waals surface area (Å²) >= 11 is 0. The second-order valence-corrected chi connectivity index (χ2v) is 8.22. The first kappa shape index (κ1) is 21.4. The van der Waals surface area contributed by atoms with Crippen LogP contribution >= 0.6 is 0 Å². The number of amides is 1. The maximum atomic E-state index is 12.1. The van der Waals surface area contributed by atoms with Crippen molar-refractivity contribution < 1.29 is 27.5 Å². The summed E-state index contributed by atoms with van der Waals surface area (Å²) in [6.07, 6.45) is 0. The van der Waals surface area contributed by atoms with Gasteiger partial charge in [0.2, 0.25) is 10.0 Å². The summed E-state index contributed by atoms with van der Waals surface area (Å²) < 4.78 is 35.8. The van der Waals surface area contributed by atoms with Crippen molar-refractivity contribution in [2.75, 3.05) is 33.1 Å². The summed E-state index contributed by atoms with van der Waals surface area (Å²) in [5.74, 6) is 0.136. The molecule has 0 unspecified atom stereocenters. The number of ketones is 1. The van der Waals surface area contributed by atoms with Crippen molar-refractivity contribution in [2.45, 2.75) is 11.8 Å². The van der Waals surface area contributed by atoms with E-state index in [1.54, 1.807) is 18.2 Å². The number of Topliss-reactive ketones (excluding diaryl/α,β-unsaturated/α-hetero) is 1. The van der Waals surface area contributed by atoms with E-state index in [9.17, 15) is 18.0 Å². The lowest BCUT2D eigenvalue weighted by molar-refractivity contribution is -0.118. The van der Waals surface area contributed by atoms with Gasteiger partial charge in [-0.15, -0.1) is 0 Å². The Hall–Kier alpha value is -2.91. The number of nitrogens with one attached hydrogen (secondary N) is 1. The third kappa shape index (κ3) is 5.08. The first-order valence-electron chi connectivity index (χ1n) is 8.29. The van der Waals surface area contributed by atoms with Crippen LogP contribution in [0.15, 0.2) is 47.4 Å². The summed E-state index contributed by atoms with van der Waals surface area (Å²) in [5.41, 5.74) is 0.909. The number of benzene rings is 2. The molecular formula is C19H22N2O6S. The Balaban J connectivity index is 2.01. The quantitative estimate of drug-likeness (QED) is 0.674. The van der Waals surface area contributed by atoms with Gasteiger partial charge in [-0.05, 0) is 49.4 Å². The Kier molecular flexibility index (Phi) is 6.76. The molecule has 28 heavy (non-hydrogen) atoms. The summed E-state index contributed by atoms with van der Waals surface area (Å²) in [4.78, 5) is 23.6. The molecule has 0 aliphatic heterocycles. The molecule has 0 aromatic heterocycles. The second-order valence-electron chi connectivity index (χ2n) is 6.07. The predicted octanol–water partition coefficient (Wildman–Crippen LogP) is 2.17. The van der Waals surface area contributed by atoms with Gasteiger partial charge >= 0.3 is 0 Å². The summed E-state index contributed by atoms with van der Waals surface area (Å²) in [6, 6.07) is 10.5. The average molecular weight is 406 g/mol. The molecule has 1 N–H and O–H groups in total. The summed E-state index contributed by atoms with van der Waals surface area (Å²) in [7, 11) is 0.800. The Morgan fingerprint density at radius 2 is 1.68 bits per heavy atom. The molecule has 0 saturated heterocycles. The van der Waals surface area contributed by atoms with Crippen LogP contribution in [0.1, 0.15) is 17.3 Å². The Morgan fingerprint density at radius 1 is 1.04 bits per heavy atom. The molecule has 0 heterocycles. The van der Waals surface area contributed by atoms with Gasteiger partial charge in [-0.3, -0.25) is 9.59 Å². The minimum Gasteiger partial charge on any atom is -0.493 e.